The number of aromatic nitrogens is 2. The Kier molecular flexibility index (Phi) is 7.56. The number of carbonyl (C=O) groups is 1. The third-order valence-electron chi connectivity index (χ3n) is 5.42. The largest absolute Gasteiger partial charge is 0.496 e. The number of sulfonamides is 1. The molecule has 4 rings (SSSR count). The Balaban J connectivity index is 1.36. The van der Waals surface area contributed by atoms with Crippen LogP contribution in [0.5, 0.6) is 5.75 Å². The first-order valence-electron chi connectivity index (χ1n) is 10.9. The van der Waals surface area contributed by atoms with Crippen molar-refractivity contribution in [2.24, 2.45) is 0 Å². The molecular weight excluding hydrogens is 460 g/mol. The lowest BCUT2D eigenvalue weighted by atomic mass is 10.1. The normalized spacial score (nSPS) is 14.6. The van der Waals surface area contributed by atoms with Gasteiger partial charge in [0.1, 0.15) is 5.75 Å². The molecule has 1 N–H and O–H groups in total. The first-order chi connectivity index (χ1) is 16.5. The van der Waals surface area contributed by atoms with Gasteiger partial charge < -0.3 is 19.3 Å². The molecule has 10 nitrogen and oxygen atoms in total. The maximum Gasteiger partial charge on any atom is 0.246 e. The predicted octanol–water partition coefficient (Wildman–Crippen LogP) is 2.02. The number of hydrogen-bond donors (Lipinski definition) is 1. The zero-order chi connectivity index (χ0) is 24.0. The van der Waals surface area contributed by atoms with Gasteiger partial charge in [0.25, 0.3) is 0 Å². The second kappa shape index (κ2) is 10.8. The molecule has 0 saturated carbocycles. The van der Waals surface area contributed by atoms with Gasteiger partial charge in [0.05, 0.1) is 31.8 Å². The molecule has 0 radical (unpaired) electrons. The van der Waals surface area contributed by atoms with Gasteiger partial charge in [-0.25, -0.2) is 8.42 Å². The van der Waals surface area contributed by atoms with Gasteiger partial charge in [-0.3, -0.25) is 4.79 Å². The van der Waals surface area contributed by atoms with Gasteiger partial charge in [-0.2, -0.15) is 9.29 Å². The van der Waals surface area contributed by atoms with Crippen molar-refractivity contribution in [2.75, 3.05) is 33.4 Å². The summed E-state index contributed by atoms with van der Waals surface area (Å²) in [5, 5.41) is 6.68. The number of rotatable bonds is 9. The van der Waals surface area contributed by atoms with Gasteiger partial charge >= 0.3 is 0 Å². The average molecular weight is 487 g/mol. The number of nitrogens with one attached hydrogen (secondary N) is 1. The molecule has 2 aromatic carbocycles. The molecule has 11 heteroatoms. The van der Waals surface area contributed by atoms with Crippen LogP contribution in [0.4, 0.5) is 0 Å². The Morgan fingerprint density at radius 3 is 2.65 bits per heavy atom. The fourth-order valence-corrected chi connectivity index (χ4v) is 5.05. The molecule has 0 spiro atoms. The fourth-order valence-electron chi connectivity index (χ4n) is 3.59. The van der Waals surface area contributed by atoms with E-state index in [1.165, 1.54) is 17.5 Å². The molecular formula is C23H26N4O6S. The van der Waals surface area contributed by atoms with Crippen LogP contribution in [0, 0.1) is 0 Å². The van der Waals surface area contributed by atoms with E-state index >= 15 is 0 Å². The Morgan fingerprint density at radius 2 is 1.91 bits per heavy atom. The van der Waals surface area contributed by atoms with E-state index in [0.717, 1.165) is 5.56 Å². The monoisotopic (exact) mass is 486 g/mol. The number of hydrogen-bond acceptors (Lipinski definition) is 8. The van der Waals surface area contributed by atoms with Crippen LogP contribution >= 0.6 is 0 Å². The number of carbonyl (C=O) groups excluding carboxylic acids is 1. The van der Waals surface area contributed by atoms with Gasteiger partial charge in [-0.05, 0) is 30.2 Å². The third-order valence-corrected chi connectivity index (χ3v) is 7.31. The van der Waals surface area contributed by atoms with E-state index in [4.69, 9.17) is 14.0 Å². The molecule has 34 heavy (non-hydrogen) atoms. The highest BCUT2D eigenvalue weighted by Gasteiger charge is 2.27. The van der Waals surface area contributed by atoms with Crippen molar-refractivity contribution in [1.82, 2.24) is 19.8 Å². The van der Waals surface area contributed by atoms with Gasteiger partial charge in [0, 0.05) is 25.1 Å². The van der Waals surface area contributed by atoms with Crippen LogP contribution in [0.15, 0.2) is 57.9 Å². The molecule has 0 unspecified atom stereocenters. The predicted molar refractivity (Wildman–Crippen MR) is 122 cm³/mol. The second-order valence-corrected chi connectivity index (χ2v) is 9.58. The van der Waals surface area contributed by atoms with Crippen LogP contribution < -0.4 is 10.1 Å². The van der Waals surface area contributed by atoms with E-state index in [0.29, 0.717) is 55.8 Å². The Bertz CT molecular complexity index is 1220. The first kappa shape index (κ1) is 23.9. The molecule has 1 amide bonds. The van der Waals surface area contributed by atoms with E-state index in [1.54, 1.807) is 12.1 Å². The van der Waals surface area contributed by atoms with Crippen LogP contribution in [0.2, 0.25) is 0 Å². The lowest BCUT2D eigenvalue weighted by molar-refractivity contribution is -0.121. The summed E-state index contributed by atoms with van der Waals surface area (Å²) in [6, 6.07) is 14.1. The minimum Gasteiger partial charge on any atom is -0.496 e. The molecule has 1 aliphatic rings. The lowest BCUT2D eigenvalue weighted by Gasteiger charge is -2.26. The van der Waals surface area contributed by atoms with Crippen molar-refractivity contribution in [3.05, 3.63) is 60.0 Å². The zero-order valence-electron chi connectivity index (χ0n) is 18.8. The summed E-state index contributed by atoms with van der Waals surface area (Å²) in [5.74, 6) is 1.04. The van der Waals surface area contributed by atoms with Gasteiger partial charge in [-0.1, -0.05) is 35.5 Å². The highest BCUT2D eigenvalue weighted by molar-refractivity contribution is 7.89. The van der Waals surface area contributed by atoms with Crippen LogP contribution in [0.3, 0.4) is 0 Å². The van der Waals surface area contributed by atoms with E-state index in [-0.39, 0.29) is 23.8 Å². The smallest absolute Gasteiger partial charge is 0.246 e. The lowest BCUT2D eigenvalue weighted by Crippen LogP contribution is -2.40. The quantitative estimate of drug-likeness (QED) is 0.487. The zero-order valence-corrected chi connectivity index (χ0v) is 19.6. The summed E-state index contributed by atoms with van der Waals surface area (Å²) in [5.41, 5.74) is 1.46. The van der Waals surface area contributed by atoms with E-state index in [9.17, 15) is 13.2 Å². The molecule has 0 aliphatic carbocycles. The topological polar surface area (TPSA) is 124 Å². The van der Waals surface area contributed by atoms with Crippen molar-refractivity contribution < 1.29 is 27.2 Å². The fraction of sp³-hybridized carbons (Fsp3) is 0.348. The highest BCUT2D eigenvalue weighted by Crippen LogP contribution is 2.26. The van der Waals surface area contributed by atoms with Gasteiger partial charge in [0.2, 0.25) is 27.6 Å². The van der Waals surface area contributed by atoms with Crippen LogP contribution in [-0.4, -0.2) is 62.2 Å². The molecule has 1 fully saturated rings. The summed E-state index contributed by atoms with van der Waals surface area (Å²) >= 11 is 0. The van der Waals surface area contributed by atoms with Crippen molar-refractivity contribution in [3.63, 3.8) is 0 Å². The number of morpholine rings is 1. The molecule has 3 aromatic rings. The summed E-state index contributed by atoms with van der Waals surface area (Å²) < 4.78 is 43.2. The molecule has 1 saturated heterocycles. The van der Waals surface area contributed by atoms with E-state index < -0.39 is 10.0 Å². The second-order valence-electron chi connectivity index (χ2n) is 7.64. The molecule has 1 aromatic heterocycles. The number of nitrogens with zero attached hydrogens (tertiary/aromatic N) is 3. The highest BCUT2D eigenvalue weighted by atomic mass is 32.2. The first-order valence-corrected chi connectivity index (χ1v) is 12.3. The number of benzene rings is 2. The minimum absolute atomic E-state index is 0.0985. The number of amides is 1. The molecule has 0 bridgehead atoms. The molecule has 180 valence electrons. The number of ether oxygens (including phenoxy) is 2. The Hall–Kier alpha value is -3.28. The Labute approximate surface area is 197 Å². The molecule has 2 heterocycles. The van der Waals surface area contributed by atoms with Crippen LogP contribution in [-0.2, 0) is 32.5 Å². The average Bonchev–Trinajstić information content (AvgIpc) is 3.36. The summed E-state index contributed by atoms with van der Waals surface area (Å²) in [6.45, 7) is 1.47. The standard InChI is InChI=1S/C23H26N4O6S/c1-31-20-9-8-19(34(29,30)27-11-13-32-14-12-27)15-18(20)7-10-21(28)24-16-22-25-23(26-33-22)17-5-3-2-4-6-17/h2-6,8-9,15H,7,10-14,16H2,1H3,(H,24,28). The molecule has 1 aliphatic heterocycles. The minimum atomic E-state index is -3.65. The molecule has 0 atom stereocenters. The third kappa shape index (κ3) is 5.61. The van der Waals surface area contributed by atoms with Crippen molar-refractivity contribution >= 4 is 15.9 Å². The maximum absolute atomic E-state index is 13.0. The van der Waals surface area contributed by atoms with Gasteiger partial charge in [-0.15, -0.1) is 0 Å². The summed E-state index contributed by atoms with van der Waals surface area (Å²) in [6.07, 6.45) is 0.442. The Morgan fingerprint density at radius 1 is 1.15 bits per heavy atom. The van der Waals surface area contributed by atoms with E-state index in [1.807, 2.05) is 30.3 Å². The SMILES string of the molecule is COc1ccc(S(=O)(=O)N2CCOCC2)cc1CCC(=O)NCc1nc(-c2ccccc2)no1. The maximum atomic E-state index is 13.0. The number of aryl methyl sites for hydroxylation is 1. The van der Waals surface area contributed by atoms with Crippen molar-refractivity contribution in [2.45, 2.75) is 24.3 Å². The number of methoxy groups -OCH3 is 1. The summed E-state index contributed by atoms with van der Waals surface area (Å²) in [4.78, 5) is 16.9. The van der Waals surface area contributed by atoms with Crippen molar-refractivity contribution in [3.8, 4) is 17.1 Å². The summed E-state index contributed by atoms with van der Waals surface area (Å²) in [7, 11) is -2.14. The van der Waals surface area contributed by atoms with Crippen molar-refractivity contribution in [1.29, 1.82) is 0 Å². The van der Waals surface area contributed by atoms with Gasteiger partial charge in [0.15, 0.2) is 0 Å². The van der Waals surface area contributed by atoms with E-state index in [2.05, 4.69) is 15.5 Å². The van der Waals surface area contributed by atoms with Crippen LogP contribution in [0.1, 0.15) is 17.9 Å². The van der Waals surface area contributed by atoms with Crippen LogP contribution in [0.25, 0.3) is 11.4 Å².